The Morgan fingerprint density at radius 1 is 1.14 bits per heavy atom. The van der Waals surface area contributed by atoms with Crippen molar-refractivity contribution in [2.75, 3.05) is 13.7 Å². The molecule has 4 heterocycles. The number of esters is 2. The van der Waals surface area contributed by atoms with Crippen LogP contribution in [-0.2, 0) is 33.3 Å². The standard InChI is InChI=1S/C44H56N2O11/c1-25(2)18-28(5)38-30(7)37(45-52-8)23-43(57-38)22-35-21-34(56-43)17-12-27(4)19-26(3)10-9-11-32-24-53-40-39(29(6)20-36(42(48)54-35)44(32,40)49)55-41(47)31-13-15-33(16-14-31)46(50)51/h9-16,18,20,25-26,30,34-36,38-40,49H,17,19,21-24H2,1-8H3/b10-9?,27-12?,28-18+,32-11?,45-37+/t26-,30-,34+,35-,36-,38+,39+,40+,43-,44+/m0/s1. The van der Waals surface area contributed by atoms with Crippen molar-refractivity contribution in [3.63, 3.8) is 0 Å². The minimum Gasteiger partial charge on any atom is -0.462 e. The molecule has 3 saturated heterocycles. The van der Waals surface area contributed by atoms with Gasteiger partial charge in [0.15, 0.2) is 11.9 Å². The Morgan fingerprint density at radius 3 is 2.56 bits per heavy atom. The van der Waals surface area contributed by atoms with Crippen LogP contribution in [-0.4, -0.2) is 83.3 Å². The number of allylic oxidation sites excluding steroid dienone is 5. The number of nitro benzene ring substituents is 1. The molecule has 13 heteroatoms. The zero-order valence-electron chi connectivity index (χ0n) is 34.1. The van der Waals surface area contributed by atoms with E-state index < -0.39 is 52.5 Å². The zero-order chi connectivity index (χ0) is 41.2. The summed E-state index contributed by atoms with van der Waals surface area (Å²) in [7, 11) is 1.52. The van der Waals surface area contributed by atoms with E-state index in [2.05, 4.69) is 51.9 Å². The van der Waals surface area contributed by atoms with E-state index >= 15 is 0 Å². The lowest BCUT2D eigenvalue weighted by atomic mass is 9.70. The Morgan fingerprint density at radius 2 is 1.88 bits per heavy atom. The fourth-order valence-corrected chi connectivity index (χ4v) is 8.98. The molecule has 4 aliphatic heterocycles. The highest BCUT2D eigenvalue weighted by Crippen LogP contribution is 2.48. The van der Waals surface area contributed by atoms with Gasteiger partial charge in [0.2, 0.25) is 0 Å². The van der Waals surface area contributed by atoms with Crippen LogP contribution < -0.4 is 0 Å². The van der Waals surface area contributed by atoms with Crippen molar-refractivity contribution < 1.29 is 48.1 Å². The minimum atomic E-state index is -1.93. The number of carbonyl (C=O) groups is 2. The average Bonchev–Trinajstić information content (AvgIpc) is 3.48. The normalized spacial score (nSPS) is 35.5. The molecule has 1 spiro atoms. The Hall–Kier alpha value is -4.43. The number of oxime groups is 1. The van der Waals surface area contributed by atoms with Crippen LogP contribution in [0.4, 0.5) is 5.69 Å². The van der Waals surface area contributed by atoms with E-state index in [1.165, 1.54) is 36.9 Å². The Balaban J connectivity index is 1.37. The summed E-state index contributed by atoms with van der Waals surface area (Å²) in [6, 6.07) is 5.06. The maximum absolute atomic E-state index is 14.6. The van der Waals surface area contributed by atoms with Gasteiger partial charge in [-0.2, -0.15) is 0 Å². The maximum Gasteiger partial charge on any atom is 0.338 e. The van der Waals surface area contributed by atoms with Gasteiger partial charge in [0.05, 0.1) is 35.0 Å². The van der Waals surface area contributed by atoms with Gasteiger partial charge < -0.3 is 33.6 Å². The summed E-state index contributed by atoms with van der Waals surface area (Å²) in [5.41, 5.74) is 1.95. The number of non-ortho nitro benzene ring substituents is 1. The molecule has 5 aliphatic rings. The molecule has 1 N–H and O–H groups in total. The van der Waals surface area contributed by atoms with Crippen molar-refractivity contribution >= 4 is 23.3 Å². The summed E-state index contributed by atoms with van der Waals surface area (Å²) >= 11 is 0. The van der Waals surface area contributed by atoms with E-state index in [4.69, 9.17) is 28.5 Å². The molecule has 10 atom stereocenters. The second kappa shape index (κ2) is 17.2. The van der Waals surface area contributed by atoms with Gasteiger partial charge in [-0.05, 0) is 74.3 Å². The van der Waals surface area contributed by atoms with Crippen molar-refractivity contribution in [3.8, 4) is 0 Å². The van der Waals surface area contributed by atoms with Gasteiger partial charge in [0.1, 0.15) is 30.8 Å². The molecule has 3 fully saturated rings. The first kappa shape index (κ1) is 42.2. The Kier molecular flexibility index (Phi) is 12.7. The molecule has 57 heavy (non-hydrogen) atoms. The molecule has 0 aromatic heterocycles. The predicted molar refractivity (Wildman–Crippen MR) is 212 cm³/mol. The monoisotopic (exact) mass is 788 g/mol. The first-order valence-electron chi connectivity index (χ1n) is 19.9. The molecule has 1 aromatic carbocycles. The van der Waals surface area contributed by atoms with Crippen molar-refractivity contribution in [3.05, 3.63) is 98.7 Å². The fourth-order valence-electron chi connectivity index (χ4n) is 8.98. The van der Waals surface area contributed by atoms with Gasteiger partial charge in [-0.25, -0.2) is 4.79 Å². The van der Waals surface area contributed by atoms with Crippen molar-refractivity contribution in [2.24, 2.45) is 28.8 Å². The molecule has 308 valence electrons. The highest BCUT2D eigenvalue weighted by Gasteiger charge is 2.61. The molecule has 0 amide bonds. The lowest BCUT2D eigenvalue weighted by Crippen LogP contribution is -2.59. The van der Waals surface area contributed by atoms with Gasteiger partial charge in [-0.1, -0.05) is 74.9 Å². The second-order valence-corrected chi connectivity index (χ2v) is 16.7. The molecule has 13 nitrogen and oxygen atoms in total. The number of fused-ring (bicyclic) bond motifs is 2. The first-order valence-corrected chi connectivity index (χ1v) is 19.9. The van der Waals surface area contributed by atoms with Crippen LogP contribution in [0.15, 0.2) is 88.2 Å². The summed E-state index contributed by atoms with van der Waals surface area (Å²) in [6.45, 7) is 14.2. The van der Waals surface area contributed by atoms with E-state index in [0.29, 0.717) is 30.4 Å². The molecule has 0 saturated carbocycles. The maximum atomic E-state index is 14.6. The smallest absolute Gasteiger partial charge is 0.338 e. The van der Waals surface area contributed by atoms with E-state index in [-0.39, 0.29) is 54.2 Å². The highest BCUT2D eigenvalue weighted by atomic mass is 16.7. The summed E-state index contributed by atoms with van der Waals surface area (Å²) in [5.74, 6) is -3.43. The van der Waals surface area contributed by atoms with Gasteiger partial charge in [0.25, 0.3) is 5.69 Å². The summed E-state index contributed by atoms with van der Waals surface area (Å²) in [4.78, 5) is 43.9. The molecule has 6 rings (SSSR count). The van der Waals surface area contributed by atoms with Crippen LogP contribution in [0, 0.1) is 33.8 Å². The van der Waals surface area contributed by atoms with Gasteiger partial charge in [0, 0.05) is 37.3 Å². The number of ether oxygens (including phenoxy) is 5. The topological polar surface area (TPSA) is 165 Å². The second-order valence-electron chi connectivity index (χ2n) is 16.7. The third-order valence-corrected chi connectivity index (χ3v) is 11.7. The van der Waals surface area contributed by atoms with E-state index in [0.717, 1.165) is 17.7 Å². The van der Waals surface area contributed by atoms with E-state index in [9.17, 15) is 24.8 Å². The predicted octanol–water partition coefficient (Wildman–Crippen LogP) is 7.50. The third-order valence-electron chi connectivity index (χ3n) is 11.7. The molecule has 0 radical (unpaired) electrons. The number of rotatable bonds is 6. The lowest BCUT2D eigenvalue weighted by molar-refractivity contribution is -0.384. The summed E-state index contributed by atoms with van der Waals surface area (Å²) in [5, 5.41) is 28.4. The molecular weight excluding hydrogens is 732 g/mol. The average molecular weight is 789 g/mol. The quantitative estimate of drug-likeness (QED) is 0.131. The van der Waals surface area contributed by atoms with Crippen LogP contribution in [0.2, 0.25) is 0 Å². The van der Waals surface area contributed by atoms with E-state index in [1.54, 1.807) is 19.1 Å². The van der Waals surface area contributed by atoms with Crippen LogP contribution in [0.3, 0.4) is 0 Å². The van der Waals surface area contributed by atoms with Crippen molar-refractivity contribution in [2.45, 2.75) is 122 Å². The molecule has 0 unspecified atom stereocenters. The van der Waals surface area contributed by atoms with Gasteiger partial charge in [-0.15, -0.1) is 0 Å². The number of nitrogens with zero attached hydrogens (tertiary/aromatic N) is 2. The third kappa shape index (κ3) is 9.01. The number of nitro groups is 1. The summed E-state index contributed by atoms with van der Waals surface area (Å²) in [6.07, 6.45) is 10.4. The van der Waals surface area contributed by atoms with Crippen LogP contribution in [0.25, 0.3) is 0 Å². The fraction of sp³-hybridized carbons (Fsp3) is 0.568. The van der Waals surface area contributed by atoms with Crippen LogP contribution in [0.1, 0.15) is 90.9 Å². The Bertz CT molecular complexity index is 1890. The minimum absolute atomic E-state index is 0.0178. The van der Waals surface area contributed by atoms with Crippen LogP contribution in [0.5, 0.6) is 0 Å². The largest absolute Gasteiger partial charge is 0.462 e. The lowest BCUT2D eigenvalue weighted by Gasteiger charge is -2.50. The summed E-state index contributed by atoms with van der Waals surface area (Å²) < 4.78 is 32.4. The molecular formula is C44H56N2O11. The highest BCUT2D eigenvalue weighted by molar-refractivity contribution is 5.90. The number of carbonyl (C=O) groups excluding carboxylic acids is 2. The van der Waals surface area contributed by atoms with Gasteiger partial charge >= 0.3 is 11.9 Å². The van der Waals surface area contributed by atoms with E-state index in [1.807, 2.05) is 19.1 Å². The molecule has 2 bridgehead atoms. The zero-order valence-corrected chi connectivity index (χ0v) is 34.1. The SMILES string of the molecule is CO/N=C1\C[C@]2(C[C@@H]3C[C@@H](CC=C(C)C[C@@H](C)C=CC=C4CO[C@@H]5[C@H](OC(=O)c6ccc([N+](=O)[O-])cc6)C(C)=C[C@@H](C(=O)O3)[C@]45O)O2)O[C@H](/C(C)=C/C(C)C)[C@H]1C. The first-order chi connectivity index (χ1) is 27.0. The Labute approximate surface area is 334 Å². The number of benzene rings is 1. The number of hydrogen-bond acceptors (Lipinski definition) is 12. The molecule has 1 aliphatic carbocycles. The van der Waals surface area contributed by atoms with Crippen molar-refractivity contribution in [1.82, 2.24) is 0 Å². The van der Waals surface area contributed by atoms with Crippen LogP contribution >= 0.6 is 0 Å². The molecule has 1 aromatic rings. The number of aliphatic hydroxyl groups is 1. The van der Waals surface area contributed by atoms with Gasteiger partial charge in [-0.3, -0.25) is 14.9 Å². The number of hydrogen-bond donors (Lipinski definition) is 1. The van der Waals surface area contributed by atoms with Crippen molar-refractivity contribution in [1.29, 1.82) is 0 Å².